The topological polar surface area (TPSA) is 93.1 Å². The Balaban J connectivity index is 1.52. The number of nitrogens with one attached hydrogen (secondary N) is 1. The highest BCUT2D eigenvalue weighted by molar-refractivity contribution is 6.19. The maximum atomic E-state index is 13.6. The Morgan fingerprint density at radius 3 is 2.50 bits per heavy atom. The third-order valence-electron chi connectivity index (χ3n) is 6.96. The highest BCUT2D eigenvalue weighted by Crippen LogP contribution is 2.33. The van der Waals surface area contributed by atoms with Crippen molar-refractivity contribution < 1.29 is 19.1 Å². The monoisotopic (exact) mass is 436 g/mol. The van der Waals surface area contributed by atoms with Gasteiger partial charge < -0.3 is 19.7 Å². The quantitative estimate of drug-likeness (QED) is 0.798. The van der Waals surface area contributed by atoms with Crippen LogP contribution in [-0.4, -0.2) is 65.2 Å². The molecule has 2 aromatic rings. The number of fused-ring (bicyclic) bond motifs is 1. The maximum Gasteiger partial charge on any atom is 0.256 e. The zero-order chi connectivity index (χ0) is 22.5. The number of likely N-dealkylation sites (tertiary alicyclic amines) is 1. The molecule has 2 fully saturated rings. The molecule has 0 radical (unpaired) electrons. The second-order valence-electron chi connectivity index (χ2n) is 9.19. The molecular weight excluding hydrogens is 408 g/mol. The van der Waals surface area contributed by atoms with Gasteiger partial charge in [-0.25, -0.2) is 9.98 Å². The second-order valence-corrected chi connectivity index (χ2v) is 9.19. The van der Waals surface area contributed by atoms with E-state index < -0.39 is 11.3 Å². The lowest BCUT2D eigenvalue weighted by atomic mass is 9.89. The van der Waals surface area contributed by atoms with Crippen LogP contribution in [-0.2, 0) is 14.3 Å². The summed E-state index contributed by atoms with van der Waals surface area (Å²) in [6.07, 6.45) is 1.27. The second kappa shape index (κ2) is 7.64. The van der Waals surface area contributed by atoms with Crippen molar-refractivity contribution in [2.75, 3.05) is 26.3 Å². The average Bonchev–Trinajstić information content (AvgIpc) is 3.37. The summed E-state index contributed by atoms with van der Waals surface area (Å²) in [7, 11) is 0. The average molecular weight is 437 g/mol. The minimum absolute atomic E-state index is 0.00398. The van der Waals surface area contributed by atoms with Gasteiger partial charge in [0.05, 0.1) is 24.3 Å². The largest absolute Gasteiger partial charge is 0.347 e. The summed E-state index contributed by atoms with van der Waals surface area (Å²) in [6.45, 7) is 8.00. The number of pyridine rings is 1. The Bertz CT molecular complexity index is 1110. The highest BCUT2D eigenvalue weighted by atomic mass is 16.7. The van der Waals surface area contributed by atoms with E-state index in [-0.39, 0.29) is 17.7 Å². The molecule has 2 amide bonds. The number of amidine groups is 1. The molecule has 0 saturated carbocycles. The molecular formula is C24H28N4O4. The smallest absolute Gasteiger partial charge is 0.256 e. The van der Waals surface area contributed by atoms with Crippen LogP contribution >= 0.6 is 0 Å². The molecule has 32 heavy (non-hydrogen) atoms. The first-order valence-electron chi connectivity index (χ1n) is 11.2. The predicted molar refractivity (Wildman–Crippen MR) is 119 cm³/mol. The van der Waals surface area contributed by atoms with Crippen LogP contribution in [0.4, 0.5) is 0 Å². The molecule has 3 aliphatic heterocycles. The lowest BCUT2D eigenvalue weighted by Crippen LogP contribution is -2.47. The Morgan fingerprint density at radius 1 is 1.16 bits per heavy atom. The van der Waals surface area contributed by atoms with E-state index in [4.69, 9.17) is 19.5 Å². The Hall–Kier alpha value is -2.84. The number of hydrogen-bond donors (Lipinski definition) is 1. The number of aliphatic imine (C=N–C) groups is 1. The van der Waals surface area contributed by atoms with E-state index in [0.29, 0.717) is 56.2 Å². The van der Waals surface area contributed by atoms with Crippen LogP contribution in [0.3, 0.4) is 0 Å². The van der Waals surface area contributed by atoms with Gasteiger partial charge in [0.25, 0.3) is 11.8 Å². The summed E-state index contributed by atoms with van der Waals surface area (Å²) in [5, 5.41) is 3.75. The Kier molecular flexibility index (Phi) is 5.02. The van der Waals surface area contributed by atoms with E-state index in [1.807, 2.05) is 56.0 Å². The number of aromatic nitrogens is 1. The molecule has 4 heterocycles. The summed E-state index contributed by atoms with van der Waals surface area (Å²) >= 11 is 0. The first kappa shape index (κ1) is 21.0. The third-order valence-corrected chi connectivity index (χ3v) is 6.96. The van der Waals surface area contributed by atoms with Crippen molar-refractivity contribution in [3.8, 4) is 0 Å². The number of carbonyl (C=O) groups is 2. The van der Waals surface area contributed by atoms with Gasteiger partial charge >= 0.3 is 0 Å². The number of carbonyl (C=O) groups excluding carboxylic acids is 2. The van der Waals surface area contributed by atoms with E-state index in [0.717, 1.165) is 10.9 Å². The SMILES string of the molecule is CC(C)[C@@]1(C)N=C(c2nc3ccccc3cc2C(=O)N2CCC3(CC2)OCCO3)NC1=O. The van der Waals surface area contributed by atoms with E-state index in [9.17, 15) is 9.59 Å². The molecule has 8 heteroatoms. The molecule has 1 aromatic carbocycles. The normalized spacial score (nSPS) is 24.9. The summed E-state index contributed by atoms with van der Waals surface area (Å²) in [5.41, 5.74) is 0.719. The van der Waals surface area contributed by atoms with Gasteiger partial charge in [-0.2, -0.15) is 0 Å². The van der Waals surface area contributed by atoms with Gasteiger partial charge in [0.2, 0.25) is 0 Å². The van der Waals surface area contributed by atoms with Crippen LogP contribution < -0.4 is 5.32 Å². The van der Waals surface area contributed by atoms with Crippen LogP contribution in [0.1, 0.15) is 49.7 Å². The zero-order valence-electron chi connectivity index (χ0n) is 18.7. The number of piperidine rings is 1. The number of amides is 2. The molecule has 168 valence electrons. The highest BCUT2D eigenvalue weighted by Gasteiger charge is 2.44. The van der Waals surface area contributed by atoms with E-state index >= 15 is 0 Å². The molecule has 0 aliphatic carbocycles. The number of benzene rings is 1. The Labute approximate surface area is 187 Å². The van der Waals surface area contributed by atoms with Crippen molar-refractivity contribution >= 4 is 28.6 Å². The van der Waals surface area contributed by atoms with Crippen molar-refractivity contribution in [2.45, 2.75) is 44.9 Å². The third kappa shape index (κ3) is 3.38. The van der Waals surface area contributed by atoms with Gasteiger partial charge in [0, 0.05) is 31.3 Å². The van der Waals surface area contributed by atoms with E-state index in [1.54, 1.807) is 0 Å². The van der Waals surface area contributed by atoms with Crippen LogP contribution in [0.25, 0.3) is 10.9 Å². The first-order valence-corrected chi connectivity index (χ1v) is 11.2. The standard InChI is InChI=1S/C24H28N4O4/c1-15(2)23(3)22(30)26-20(27-23)19-17(14-16-6-4-5-7-18(16)25-19)21(29)28-10-8-24(9-11-28)31-12-13-32-24/h4-7,14-15H,8-13H2,1-3H3,(H,26,27,30)/t23-/m1/s1. The molecule has 5 rings (SSSR count). The fourth-order valence-electron chi connectivity index (χ4n) is 4.51. The van der Waals surface area contributed by atoms with Crippen LogP contribution in [0.15, 0.2) is 35.3 Å². The van der Waals surface area contributed by atoms with Gasteiger partial charge in [-0.1, -0.05) is 32.0 Å². The molecule has 1 N–H and O–H groups in total. The number of rotatable bonds is 3. The summed E-state index contributed by atoms with van der Waals surface area (Å²) in [4.78, 5) is 37.6. The molecule has 3 aliphatic rings. The lowest BCUT2D eigenvalue weighted by Gasteiger charge is -2.37. The fourth-order valence-corrected chi connectivity index (χ4v) is 4.51. The van der Waals surface area contributed by atoms with Crippen molar-refractivity contribution in [2.24, 2.45) is 10.9 Å². The zero-order valence-corrected chi connectivity index (χ0v) is 18.7. The van der Waals surface area contributed by atoms with E-state index in [2.05, 4.69) is 5.32 Å². The summed E-state index contributed by atoms with van der Waals surface area (Å²) < 4.78 is 11.6. The number of ether oxygens (including phenoxy) is 2. The van der Waals surface area contributed by atoms with Crippen molar-refractivity contribution in [3.05, 3.63) is 41.6 Å². The van der Waals surface area contributed by atoms with Crippen molar-refractivity contribution in [1.29, 1.82) is 0 Å². The number of hydrogen-bond acceptors (Lipinski definition) is 6. The van der Waals surface area contributed by atoms with Crippen LogP contribution in [0.2, 0.25) is 0 Å². The number of para-hydroxylation sites is 1. The molecule has 0 bridgehead atoms. The maximum absolute atomic E-state index is 13.6. The van der Waals surface area contributed by atoms with Crippen molar-refractivity contribution in [3.63, 3.8) is 0 Å². The minimum Gasteiger partial charge on any atom is -0.347 e. The summed E-state index contributed by atoms with van der Waals surface area (Å²) in [6, 6.07) is 9.50. The summed E-state index contributed by atoms with van der Waals surface area (Å²) in [5.74, 6) is -0.489. The van der Waals surface area contributed by atoms with Gasteiger partial charge in [0.1, 0.15) is 11.2 Å². The first-order chi connectivity index (χ1) is 15.3. The van der Waals surface area contributed by atoms with Gasteiger partial charge in [-0.3, -0.25) is 9.59 Å². The molecule has 0 unspecified atom stereocenters. The van der Waals surface area contributed by atoms with Gasteiger partial charge in [-0.05, 0) is 25.0 Å². The molecule has 1 spiro atoms. The number of nitrogens with zero attached hydrogens (tertiary/aromatic N) is 3. The molecule has 1 aromatic heterocycles. The van der Waals surface area contributed by atoms with E-state index in [1.165, 1.54) is 0 Å². The lowest BCUT2D eigenvalue weighted by molar-refractivity contribution is -0.181. The predicted octanol–water partition coefficient (Wildman–Crippen LogP) is 2.50. The molecule has 2 saturated heterocycles. The fraction of sp³-hybridized carbons (Fsp3) is 0.500. The molecule has 1 atom stereocenters. The van der Waals surface area contributed by atoms with Crippen LogP contribution in [0, 0.1) is 5.92 Å². The molecule has 8 nitrogen and oxygen atoms in total. The minimum atomic E-state index is -0.891. The van der Waals surface area contributed by atoms with Crippen LogP contribution in [0.5, 0.6) is 0 Å². The van der Waals surface area contributed by atoms with Crippen molar-refractivity contribution in [1.82, 2.24) is 15.2 Å². The van der Waals surface area contributed by atoms with Gasteiger partial charge in [0.15, 0.2) is 11.6 Å². The Morgan fingerprint density at radius 2 is 1.84 bits per heavy atom. The van der Waals surface area contributed by atoms with Gasteiger partial charge in [-0.15, -0.1) is 0 Å².